The van der Waals surface area contributed by atoms with Crippen LogP contribution in [0.15, 0.2) is 18.2 Å². The summed E-state index contributed by atoms with van der Waals surface area (Å²) in [6.07, 6.45) is 1.90. The number of rotatable bonds is 2. The van der Waals surface area contributed by atoms with Gasteiger partial charge in [0, 0.05) is 16.1 Å². The van der Waals surface area contributed by atoms with E-state index in [1.807, 2.05) is 12.1 Å². The first kappa shape index (κ1) is 10.9. The molecule has 0 aromatic heterocycles. The van der Waals surface area contributed by atoms with Gasteiger partial charge in [-0.25, -0.2) is 4.39 Å². The van der Waals surface area contributed by atoms with Gasteiger partial charge >= 0.3 is 0 Å². The van der Waals surface area contributed by atoms with E-state index in [2.05, 4.69) is 0 Å². The Morgan fingerprint density at radius 1 is 1.47 bits per heavy atom. The molecule has 0 heterocycles. The summed E-state index contributed by atoms with van der Waals surface area (Å²) < 4.78 is 13.5. The molecule has 1 aromatic rings. The fraction of sp³-hybridized carbons (Fsp3) is 0.500. The average molecular weight is 228 g/mol. The Kier molecular flexibility index (Phi) is 2.73. The number of hydrogen-bond donors (Lipinski definition) is 1. The van der Waals surface area contributed by atoms with Crippen molar-refractivity contribution >= 4 is 11.6 Å². The van der Waals surface area contributed by atoms with E-state index in [1.54, 1.807) is 6.07 Å². The van der Waals surface area contributed by atoms with E-state index < -0.39 is 6.17 Å². The molecule has 1 saturated carbocycles. The van der Waals surface area contributed by atoms with Crippen LogP contribution in [-0.2, 0) is 5.54 Å². The zero-order valence-electron chi connectivity index (χ0n) is 8.76. The van der Waals surface area contributed by atoms with Crippen LogP contribution in [0.25, 0.3) is 0 Å². The van der Waals surface area contributed by atoms with Crippen LogP contribution in [0.5, 0.6) is 0 Å². The summed E-state index contributed by atoms with van der Waals surface area (Å²) in [5.41, 5.74) is 7.32. The third-order valence-corrected chi connectivity index (χ3v) is 3.56. The van der Waals surface area contributed by atoms with Gasteiger partial charge in [0.15, 0.2) is 0 Å². The predicted octanol–water partition coefficient (Wildman–Crippen LogP) is 3.71. The van der Waals surface area contributed by atoms with Crippen molar-refractivity contribution in [2.75, 3.05) is 0 Å². The summed E-state index contributed by atoms with van der Waals surface area (Å²) in [5, 5.41) is 0.485. The molecule has 0 spiro atoms. The second kappa shape index (κ2) is 3.76. The van der Waals surface area contributed by atoms with Crippen LogP contribution in [-0.4, -0.2) is 0 Å². The molecule has 0 amide bonds. The van der Waals surface area contributed by atoms with Gasteiger partial charge in [-0.15, -0.1) is 0 Å². The second-order valence-corrected chi connectivity index (χ2v) is 4.73. The molecule has 1 fully saturated rings. The molecule has 0 bridgehead atoms. The van der Waals surface area contributed by atoms with Crippen LogP contribution in [0, 0.1) is 0 Å². The summed E-state index contributed by atoms with van der Waals surface area (Å²) in [7, 11) is 0. The first-order valence-electron chi connectivity index (χ1n) is 5.26. The van der Waals surface area contributed by atoms with Gasteiger partial charge in [-0.2, -0.15) is 0 Å². The first-order chi connectivity index (χ1) is 7.04. The van der Waals surface area contributed by atoms with Crippen molar-refractivity contribution in [2.24, 2.45) is 5.73 Å². The lowest BCUT2D eigenvalue weighted by Gasteiger charge is -2.40. The van der Waals surface area contributed by atoms with Crippen molar-refractivity contribution < 1.29 is 4.39 Å². The Hall–Kier alpha value is -0.600. The standard InChI is InChI=1S/C12H15ClFN/c1-8(14)11-9(4-2-5-10(11)13)12(15)6-3-7-12/h2,4-5,8H,3,6-7,15H2,1H3. The molecule has 82 valence electrons. The minimum absolute atomic E-state index is 0.347. The maximum Gasteiger partial charge on any atom is 0.124 e. The maximum atomic E-state index is 13.5. The molecule has 3 heteroatoms. The maximum absolute atomic E-state index is 13.5. The summed E-state index contributed by atoms with van der Waals surface area (Å²) in [6, 6.07) is 5.46. The molecule has 2 N–H and O–H groups in total. The van der Waals surface area contributed by atoms with Crippen LogP contribution in [0.4, 0.5) is 4.39 Å². The molecule has 0 aliphatic heterocycles. The van der Waals surface area contributed by atoms with Gasteiger partial charge in [-0.05, 0) is 37.8 Å². The van der Waals surface area contributed by atoms with E-state index in [1.165, 1.54) is 6.92 Å². The highest BCUT2D eigenvalue weighted by Gasteiger charge is 2.37. The highest BCUT2D eigenvalue weighted by molar-refractivity contribution is 6.31. The molecule has 1 aliphatic rings. The second-order valence-electron chi connectivity index (χ2n) is 4.33. The first-order valence-corrected chi connectivity index (χ1v) is 5.64. The zero-order chi connectivity index (χ0) is 11.1. The Bertz CT molecular complexity index is 372. The average Bonchev–Trinajstić information content (AvgIpc) is 2.13. The van der Waals surface area contributed by atoms with E-state index in [4.69, 9.17) is 17.3 Å². The van der Waals surface area contributed by atoms with Gasteiger partial charge in [-0.1, -0.05) is 23.7 Å². The van der Waals surface area contributed by atoms with Crippen molar-refractivity contribution in [3.8, 4) is 0 Å². The number of halogens is 2. The van der Waals surface area contributed by atoms with Gasteiger partial charge in [0.1, 0.15) is 6.17 Å². The molecule has 2 rings (SSSR count). The number of alkyl halides is 1. The van der Waals surface area contributed by atoms with E-state index in [0.717, 1.165) is 24.8 Å². The lowest BCUT2D eigenvalue weighted by Crippen LogP contribution is -2.44. The molecule has 0 radical (unpaired) electrons. The lowest BCUT2D eigenvalue weighted by atomic mass is 9.71. The van der Waals surface area contributed by atoms with Crippen molar-refractivity contribution in [3.05, 3.63) is 34.3 Å². The normalized spacial score (nSPS) is 20.8. The van der Waals surface area contributed by atoms with Crippen LogP contribution in [0.2, 0.25) is 5.02 Å². The van der Waals surface area contributed by atoms with E-state index in [0.29, 0.717) is 10.6 Å². The minimum atomic E-state index is -1.06. The number of hydrogen-bond acceptors (Lipinski definition) is 1. The molecule has 1 unspecified atom stereocenters. The Balaban J connectivity index is 2.50. The molecule has 15 heavy (non-hydrogen) atoms. The van der Waals surface area contributed by atoms with Gasteiger partial charge in [0.05, 0.1) is 0 Å². The minimum Gasteiger partial charge on any atom is -0.321 e. The van der Waals surface area contributed by atoms with Crippen molar-refractivity contribution in [1.29, 1.82) is 0 Å². The smallest absolute Gasteiger partial charge is 0.124 e. The topological polar surface area (TPSA) is 26.0 Å². The van der Waals surface area contributed by atoms with Crippen molar-refractivity contribution in [1.82, 2.24) is 0 Å². The fourth-order valence-corrected chi connectivity index (χ4v) is 2.53. The molecule has 1 atom stereocenters. The van der Waals surface area contributed by atoms with Gasteiger partial charge < -0.3 is 5.73 Å². The molecule has 0 saturated heterocycles. The quantitative estimate of drug-likeness (QED) is 0.819. The Morgan fingerprint density at radius 3 is 2.60 bits per heavy atom. The summed E-state index contributed by atoms with van der Waals surface area (Å²) in [6.45, 7) is 1.51. The van der Waals surface area contributed by atoms with Crippen molar-refractivity contribution in [2.45, 2.75) is 37.9 Å². The van der Waals surface area contributed by atoms with Gasteiger partial charge in [0.25, 0.3) is 0 Å². The van der Waals surface area contributed by atoms with Gasteiger partial charge in [-0.3, -0.25) is 0 Å². The molecule has 1 aliphatic carbocycles. The SMILES string of the molecule is CC(F)c1c(Cl)cccc1C1(N)CCC1. The Labute approximate surface area is 94.4 Å². The molecular weight excluding hydrogens is 213 g/mol. The van der Waals surface area contributed by atoms with E-state index in [-0.39, 0.29) is 5.54 Å². The third kappa shape index (κ3) is 1.77. The molecule has 1 nitrogen and oxygen atoms in total. The van der Waals surface area contributed by atoms with Crippen LogP contribution in [0.3, 0.4) is 0 Å². The zero-order valence-corrected chi connectivity index (χ0v) is 9.52. The highest BCUT2D eigenvalue weighted by atomic mass is 35.5. The van der Waals surface area contributed by atoms with Crippen molar-refractivity contribution in [3.63, 3.8) is 0 Å². The van der Waals surface area contributed by atoms with E-state index in [9.17, 15) is 4.39 Å². The van der Waals surface area contributed by atoms with Gasteiger partial charge in [0.2, 0.25) is 0 Å². The predicted molar refractivity (Wildman–Crippen MR) is 60.7 cm³/mol. The summed E-state index contributed by atoms with van der Waals surface area (Å²) >= 11 is 6.02. The molecule has 1 aromatic carbocycles. The summed E-state index contributed by atoms with van der Waals surface area (Å²) in [4.78, 5) is 0. The number of nitrogens with two attached hydrogens (primary N) is 1. The largest absolute Gasteiger partial charge is 0.321 e. The Morgan fingerprint density at radius 2 is 2.13 bits per heavy atom. The summed E-state index contributed by atoms with van der Waals surface area (Å²) in [5.74, 6) is 0. The lowest BCUT2D eigenvalue weighted by molar-refractivity contribution is 0.245. The van der Waals surface area contributed by atoms with Crippen LogP contribution < -0.4 is 5.73 Å². The van der Waals surface area contributed by atoms with Crippen LogP contribution >= 0.6 is 11.6 Å². The van der Waals surface area contributed by atoms with E-state index >= 15 is 0 Å². The van der Waals surface area contributed by atoms with Crippen LogP contribution in [0.1, 0.15) is 43.5 Å². The third-order valence-electron chi connectivity index (χ3n) is 3.23. The highest BCUT2D eigenvalue weighted by Crippen LogP contribution is 2.43. The number of benzene rings is 1. The fourth-order valence-electron chi connectivity index (χ4n) is 2.20. The monoisotopic (exact) mass is 227 g/mol. The molecular formula is C12H15ClFN.